The molecular weight excluding hydrogens is 284 g/mol. The van der Waals surface area contributed by atoms with Crippen molar-refractivity contribution in [1.29, 1.82) is 0 Å². The standard InChI is InChI=1S/C16H22N2O4/c1-16(2,3)22-15(20)17-9-10-18(14(19)11-17)12-5-7-13(21-4)8-6-12/h5-8H,9-11H2,1-4H3. The van der Waals surface area contributed by atoms with E-state index in [1.165, 1.54) is 4.90 Å². The van der Waals surface area contributed by atoms with Gasteiger partial charge in [0.1, 0.15) is 17.9 Å². The van der Waals surface area contributed by atoms with Gasteiger partial charge in [0.15, 0.2) is 0 Å². The van der Waals surface area contributed by atoms with Crippen molar-refractivity contribution in [1.82, 2.24) is 4.90 Å². The van der Waals surface area contributed by atoms with Gasteiger partial charge in [0.05, 0.1) is 7.11 Å². The molecule has 1 aliphatic heterocycles. The lowest BCUT2D eigenvalue weighted by Crippen LogP contribution is -2.53. The average Bonchev–Trinajstić information content (AvgIpc) is 2.45. The monoisotopic (exact) mass is 306 g/mol. The molecule has 6 nitrogen and oxygen atoms in total. The Bertz CT molecular complexity index is 548. The van der Waals surface area contributed by atoms with Crippen LogP contribution < -0.4 is 9.64 Å². The van der Waals surface area contributed by atoms with Gasteiger partial charge >= 0.3 is 6.09 Å². The van der Waals surface area contributed by atoms with Gasteiger partial charge in [-0.3, -0.25) is 9.69 Å². The number of rotatable bonds is 2. The van der Waals surface area contributed by atoms with E-state index in [1.807, 2.05) is 24.3 Å². The highest BCUT2D eigenvalue weighted by Gasteiger charge is 2.30. The Kier molecular flexibility index (Phi) is 4.59. The van der Waals surface area contributed by atoms with Crippen molar-refractivity contribution in [3.8, 4) is 5.75 Å². The molecule has 120 valence electrons. The fourth-order valence-electron chi connectivity index (χ4n) is 2.19. The largest absolute Gasteiger partial charge is 0.497 e. The van der Waals surface area contributed by atoms with Gasteiger partial charge in [-0.1, -0.05) is 0 Å². The van der Waals surface area contributed by atoms with Crippen LogP contribution >= 0.6 is 0 Å². The fourth-order valence-corrected chi connectivity index (χ4v) is 2.19. The second kappa shape index (κ2) is 6.25. The van der Waals surface area contributed by atoms with Crippen LogP contribution in [0, 0.1) is 0 Å². The minimum absolute atomic E-state index is 0.0287. The van der Waals surface area contributed by atoms with Crippen LogP contribution in [0.2, 0.25) is 0 Å². The Hall–Kier alpha value is -2.24. The molecule has 1 fully saturated rings. The predicted octanol–water partition coefficient (Wildman–Crippen LogP) is 2.28. The number of hydrogen-bond acceptors (Lipinski definition) is 4. The Morgan fingerprint density at radius 1 is 1.14 bits per heavy atom. The van der Waals surface area contributed by atoms with E-state index in [4.69, 9.17) is 9.47 Å². The smallest absolute Gasteiger partial charge is 0.410 e. The molecule has 1 aromatic rings. The van der Waals surface area contributed by atoms with Crippen LogP contribution in [0.5, 0.6) is 5.75 Å². The van der Waals surface area contributed by atoms with E-state index in [1.54, 1.807) is 32.8 Å². The first-order valence-corrected chi connectivity index (χ1v) is 7.22. The Morgan fingerprint density at radius 2 is 1.77 bits per heavy atom. The highest BCUT2D eigenvalue weighted by Crippen LogP contribution is 2.21. The summed E-state index contributed by atoms with van der Waals surface area (Å²) in [4.78, 5) is 27.4. The number of nitrogens with zero attached hydrogens (tertiary/aromatic N) is 2. The molecule has 1 aromatic carbocycles. The Labute approximate surface area is 130 Å². The van der Waals surface area contributed by atoms with Gasteiger partial charge in [-0.05, 0) is 45.0 Å². The number of hydrogen-bond donors (Lipinski definition) is 0. The molecule has 0 saturated carbocycles. The van der Waals surface area contributed by atoms with E-state index in [0.29, 0.717) is 13.1 Å². The molecule has 0 N–H and O–H groups in total. The normalized spacial score (nSPS) is 15.7. The Balaban J connectivity index is 2.00. The number of benzene rings is 1. The van der Waals surface area contributed by atoms with Crippen LogP contribution in [0.4, 0.5) is 10.5 Å². The number of ether oxygens (including phenoxy) is 2. The van der Waals surface area contributed by atoms with Crippen molar-refractivity contribution in [3.05, 3.63) is 24.3 Å². The van der Waals surface area contributed by atoms with Gasteiger partial charge < -0.3 is 14.4 Å². The predicted molar refractivity (Wildman–Crippen MR) is 83.2 cm³/mol. The summed E-state index contributed by atoms with van der Waals surface area (Å²) in [6.45, 7) is 6.35. The summed E-state index contributed by atoms with van der Waals surface area (Å²) in [5.74, 6) is 0.617. The molecule has 0 bridgehead atoms. The highest BCUT2D eigenvalue weighted by molar-refractivity contribution is 5.97. The van der Waals surface area contributed by atoms with Crippen molar-refractivity contribution in [2.45, 2.75) is 26.4 Å². The van der Waals surface area contributed by atoms with E-state index in [0.717, 1.165) is 11.4 Å². The molecule has 0 unspecified atom stereocenters. The van der Waals surface area contributed by atoms with Crippen LogP contribution in [-0.4, -0.2) is 49.2 Å². The van der Waals surface area contributed by atoms with Crippen LogP contribution in [0.3, 0.4) is 0 Å². The maximum absolute atomic E-state index is 12.3. The Morgan fingerprint density at radius 3 is 2.27 bits per heavy atom. The number of amides is 2. The average molecular weight is 306 g/mol. The van der Waals surface area contributed by atoms with E-state index in [9.17, 15) is 9.59 Å². The third-order valence-electron chi connectivity index (χ3n) is 3.26. The van der Waals surface area contributed by atoms with Crippen molar-refractivity contribution in [3.63, 3.8) is 0 Å². The van der Waals surface area contributed by atoms with E-state index >= 15 is 0 Å². The number of piperazine rings is 1. The van der Waals surface area contributed by atoms with Crippen LogP contribution in [0.25, 0.3) is 0 Å². The molecule has 1 heterocycles. The van der Waals surface area contributed by atoms with Crippen LogP contribution in [0.15, 0.2) is 24.3 Å². The summed E-state index contributed by atoms with van der Waals surface area (Å²) in [6.07, 6.45) is -0.449. The molecule has 0 aliphatic carbocycles. The second-order valence-electron chi connectivity index (χ2n) is 6.15. The topological polar surface area (TPSA) is 59.1 Å². The highest BCUT2D eigenvalue weighted by atomic mass is 16.6. The first kappa shape index (κ1) is 16.1. The number of carbonyl (C=O) groups excluding carboxylic acids is 2. The SMILES string of the molecule is COc1ccc(N2CCN(C(=O)OC(C)(C)C)CC2=O)cc1. The summed E-state index contributed by atoms with van der Waals surface area (Å²) >= 11 is 0. The second-order valence-corrected chi connectivity index (χ2v) is 6.15. The molecule has 2 amide bonds. The fraction of sp³-hybridized carbons (Fsp3) is 0.500. The lowest BCUT2D eigenvalue weighted by atomic mass is 10.2. The quantitative estimate of drug-likeness (QED) is 0.841. The molecule has 0 radical (unpaired) electrons. The zero-order valence-electron chi connectivity index (χ0n) is 13.5. The molecule has 0 spiro atoms. The molecule has 1 saturated heterocycles. The molecule has 0 aromatic heterocycles. The van der Waals surface area contributed by atoms with Crippen molar-refractivity contribution in [2.75, 3.05) is 31.6 Å². The molecule has 2 rings (SSSR count). The first-order valence-electron chi connectivity index (χ1n) is 7.22. The molecule has 6 heteroatoms. The van der Waals surface area contributed by atoms with Crippen LogP contribution in [0.1, 0.15) is 20.8 Å². The minimum atomic E-state index is -0.562. The van der Waals surface area contributed by atoms with Gasteiger partial charge in [-0.15, -0.1) is 0 Å². The molecule has 1 aliphatic rings. The minimum Gasteiger partial charge on any atom is -0.497 e. The summed E-state index contributed by atoms with van der Waals surface area (Å²) in [7, 11) is 1.60. The van der Waals surface area contributed by atoms with Crippen molar-refractivity contribution < 1.29 is 19.1 Å². The van der Waals surface area contributed by atoms with Gasteiger partial charge in [0, 0.05) is 18.8 Å². The lowest BCUT2D eigenvalue weighted by molar-refractivity contribution is -0.121. The number of carbonyl (C=O) groups is 2. The molecular formula is C16H22N2O4. The summed E-state index contributed by atoms with van der Waals surface area (Å²) in [5, 5.41) is 0. The summed E-state index contributed by atoms with van der Waals surface area (Å²) in [6, 6.07) is 7.28. The van der Waals surface area contributed by atoms with E-state index in [-0.39, 0.29) is 12.5 Å². The third kappa shape index (κ3) is 3.90. The van der Waals surface area contributed by atoms with Gasteiger partial charge in [0.2, 0.25) is 5.91 Å². The van der Waals surface area contributed by atoms with Crippen molar-refractivity contribution >= 4 is 17.7 Å². The van der Waals surface area contributed by atoms with Crippen molar-refractivity contribution in [2.24, 2.45) is 0 Å². The van der Waals surface area contributed by atoms with E-state index < -0.39 is 11.7 Å². The van der Waals surface area contributed by atoms with Gasteiger partial charge in [0.25, 0.3) is 0 Å². The van der Waals surface area contributed by atoms with Gasteiger partial charge in [-0.2, -0.15) is 0 Å². The van der Waals surface area contributed by atoms with Gasteiger partial charge in [-0.25, -0.2) is 4.79 Å². The summed E-state index contributed by atoms with van der Waals surface area (Å²) < 4.78 is 10.4. The lowest BCUT2D eigenvalue weighted by Gasteiger charge is -2.35. The van der Waals surface area contributed by atoms with E-state index in [2.05, 4.69) is 0 Å². The molecule has 22 heavy (non-hydrogen) atoms. The first-order chi connectivity index (χ1) is 10.3. The number of methoxy groups -OCH3 is 1. The maximum Gasteiger partial charge on any atom is 0.410 e. The zero-order valence-corrected chi connectivity index (χ0v) is 13.5. The zero-order chi connectivity index (χ0) is 16.3. The summed E-state index contributed by atoms with van der Waals surface area (Å²) in [5.41, 5.74) is 0.238. The maximum atomic E-state index is 12.3. The number of anilines is 1. The molecule has 0 atom stereocenters. The third-order valence-corrected chi connectivity index (χ3v) is 3.26. The van der Waals surface area contributed by atoms with Crippen LogP contribution in [-0.2, 0) is 9.53 Å².